The largest absolute Gasteiger partial charge is 0.482 e. The summed E-state index contributed by atoms with van der Waals surface area (Å²) in [5.74, 6) is 0.105. The van der Waals surface area contributed by atoms with Gasteiger partial charge in [0.25, 0.3) is 11.8 Å². The first kappa shape index (κ1) is 20.8. The van der Waals surface area contributed by atoms with E-state index in [1.807, 2.05) is 18.7 Å². The molecule has 0 aliphatic carbocycles. The molecule has 0 aromatic heterocycles. The van der Waals surface area contributed by atoms with E-state index < -0.39 is 0 Å². The van der Waals surface area contributed by atoms with Crippen LogP contribution in [-0.4, -0.2) is 36.4 Å². The lowest BCUT2D eigenvalue weighted by Crippen LogP contribution is -2.32. The van der Waals surface area contributed by atoms with Crippen molar-refractivity contribution in [1.29, 1.82) is 0 Å². The highest BCUT2D eigenvalue weighted by Gasteiger charge is 2.15. The molecule has 5 nitrogen and oxygen atoms in total. The summed E-state index contributed by atoms with van der Waals surface area (Å²) >= 11 is 6.01. The molecule has 0 radical (unpaired) electrons. The third kappa shape index (κ3) is 6.29. The molecule has 0 atom stereocenters. The molecule has 0 aliphatic heterocycles. The predicted octanol–water partition coefficient (Wildman–Crippen LogP) is 4.62. The summed E-state index contributed by atoms with van der Waals surface area (Å²) < 4.78 is 5.43. The van der Waals surface area contributed by atoms with E-state index in [-0.39, 0.29) is 18.4 Å². The van der Waals surface area contributed by atoms with Crippen molar-refractivity contribution in [1.82, 2.24) is 4.90 Å². The minimum Gasteiger partial charge on any atom is -0.482 e. The zero-order valence-corrected chi connectivity index (χ0v) is 16.5. The van der Waals surface area contributed by atoms with Gasteiger partial charge in [-0.3, -0.25) is 9.59 Å². The van der Waals surface area contributed by atoms with E-state index in [9.17, 15) is 9.59 Å². The van der Waals surface area contributed by atoms with Gasteiger partial charge in [-0.05, 0) is 43.2 Å². The van der Waals surface area contributed by atoms with Crippen LogP contribution < -0.4 is 10.1 Å². The summed E-state index contributed by atoms with van der Waals surface area (Å²) in [6.45, 7) is 5.36. The second kappa shape index (κ2) is 10.6. The Morgan fingerprint density at radius 3 is 2.41 bits per heavy atom. The van der Waals surface area contributed by atoms with Crippen LogP contribution in [0.3, 0.4) is 0 Å². The molecule has 0 spiro atoms. The van der Waals surface area contributed by atoms with Crippen LogP contribution in [0.15, 0.2) is 48.5 Å². The molecule has 0 bridgehead atoms. The lowest BCUT2D eigenvalue weighted by Gasteiger charge is -2.21. The quantitative estimate of drug-likeness (QED) is 0.681. The van der Waals surface area contributed by atoms with Gasteiger partial charge in [-0.1, -0.05) is 43.6 Å². The molecule has 1 N–H and O–H groups in total. The van der Waals surface area contributed by atoms with Gasteiger partial charge in [-0.2, -0.15) is 0 Å². The zero-order valence-electron chi connectivity index (χ0n) is 15.7. The summed E-state index contributed by atoms with van der Waals surface area (Å²) in [6.07, 6.45) is 1.81. The fourth-order valence-corrected chi connectivity index (χ4v) is 2.86. The third-order valence-electron chi connectivity index (χ3n) is 3.86. The van der Waals surface area contributed by atoms with Gasteiger partial charge in [0, 0.05) is 24.3 Å². The minimum atomic E-state index is -0.321. The lowest BCUT2D eigenvalue weighted by molar-refractivity contribution is -0.118. The van der Waals surface area contributed by atoms with Crippen LogP contribution in [0.2, 0.25) is 5.02 Å². The molecule has 0 unspecified atom stereocenters. The number of hydrogen-bond acceptors (Lipinski definition) is 3. The molecule has 0 fully saturated rings. The molecule has 27 heavy (non-hydrogen) atoms. The monoisotopic (exact) mass is 388 g/mol. The number of amides is 2. The molecule has 0 saturated carbocycles. The molecule has 2 aromatic carbocycles. The maximum Gasteiger partial charge on any atom is 0.262 e. The minimum absolute atomic E-state index is 0.0258. The first-order chi connectivity index (χ1) is 13.0. The van der Waals surface area contributed by atoms with Crippen LogP contribution in [-0.2, 0) is 4.79 Å². The first-order valence-corrected chi connectivity index (χ1v) is 9.49. The van der Waals surface area contributed by atoms with Crippen LogP contribution in [0.25, 0.3) is 0 Å². The number of carbonyl (C=O) groups is 2. The number of benzene rings is 2. The van der Waals surface area contributed by atoms with Gasteiger partial charge < -0.3 is 15.0 Å². The van der Waals surface area contributed by atoms with E-state index in [2.05, 4.69) is 5.32 Å². The fraction of sp³-hybridized carbons (Fsp3) is 0.333. The summed E-state index contributed by atoms with van der Waals surface area (Å²) in [5.41, 5.74) is 1.11. The number of ether oxygens (including phenoxy) is 1. The van der Waals surface area contributed by atoms with Crippen LogP contribution >= 0.6 is 11.6 Å². The number of para-hydroxylation sites is 1. The van der Waals surface area contributed by atoms with Gasteiger partial charge in [-0.15, -0.1) is 0 Å². The molecule has 6 heteroatoms. The first-order valence-electron chi connectivity index (χ1n) is 9.11. The highest BCUT2D eigenvalue weighted by atomic mass is 35.5. The SMILES string of the molecule is CCCN(CCC)C(=O)c1cccc(NC(=O)COc2ccccc2Cl)c1. The van der Waals surface area contributed by atoms with Gasteiger partial charge in [0.15, 0.2) is 6.61 Å². The van der Waals surface area contributed by atoms with Crippen molar-refractivity contribution in [2.45, 2.75) is 26.7 Å². The van der Waals surface area contributed by atoms with Crippen LogP contribution in [0.4, 0.5) is 5.69 Å². The summed E-state index contributed by atoms with van der Waals surface area (Å²) in [6, 6.07) is 13.9. The summed E-state index contributed by atoms with van der Waals surface area (Å²) in [5, 5.41) is 3.20. The van der Waals surface area contributed by atoms with Crippen molar-refractivity contribution in [3.05, 3.63) is 59.1 Å². The zero-order chi connectivity index (χ0) is 19.6. The van der Waals surface area contributed by atoms with Crippen LogP contribution in [0.1, 0.15) is 37.0 Å². The molecular weight excluding hydrogens is 364 g/mol. The fourth-order valence-electron chi connectivity index (χ4n) is 2.67. The van der Waals surface area contributed by atoms with Crippen molar-refractivity contribution in [2.24, 2.45) is 0 Å². The molecule has 144 valence electrons. The van der Waals surface area contributed by atoms with E-state index in [0.717, 1.165) is 25.9 Å². The molecule has 0 heterocycles. The second-order valence-corrected chi connectivity index (χ2v) is 6.55. The topological polar surface area (TPSA) is 58.6 Å². The number of nitrogens with one attached hydrogen (secondary N) is 1. The van der Waals surface area contributed by atoms with E-state index in [4.69, 9.17) is 16.3 Å². The Labute approximate surface area is 165 Å². The molecule has 2 rings (SSSR count). The normalized spacial score (nSPS) is 10.3. The maximum atomic E-state index is 12.7. The highest BCUT2D eigenvalue weighted by molar-refractivity contribution is 6.32. The Balaban J connectivity index is 1.99. The molecule has 0 saturated heterocycles. The Morgan fingerprint density at radius 2 is 1.74 bits per heavy atom. The number of carbonyl (C=O) groups excluding carboxylic acids is 2. The average molecular weight is 389 g/mol. The summed E-state index contributed by atoms with van der Waals surface area (Å²) in [4.78, 5) is 26.7. The molecule has 0 aliphatic rings. The predicted molar refractivity (Wildman–Crippen MR) is 109 cm³/mol. The highest BCUT2D eigenvalue weighted by Crippen LogP contribution is 2.23. The molecular formula is C21H25ClN2O3. The number of rotatable bonds is 9. The number of hydrogen-bond donors (Lipinski definition) is 1. The maximum absolute atomic E-state index is 12.7. The third-order valence-corrected chi connectivity index (χ3v) is 4.18. The van der Waals surface area contributed by atoms with Gasteiger partial charge in [0.1, 0.15) is 5.75 Å². The Kier molecular flexibility index (Phi) is 8.14. The van der Waals surface area contributed by atoms with Crippen molar-refractivity contribution >= 4 is 29.1 Å². The van der Waals surface area contributed by atoms with Gasteiger partial charge in [-0.25, -0.2) is 0 Å². The van der Waals surface area contributed by atoms with E-state index >= 15 is 0 Å². The van der Waals surface area contributed by atoms with E-state index in [1.165, 1.54) is 0 Å². The van der Waals surface area contributed by atoms with E-state index in [0.29, 0.717) is 22.0 Å². The lowest BCUT2D eigenvalue weighted by atomic mass is 10.1. The van der Waals surface area contributed by atoms with E-state index in [1.54, 1.807) is 48.5 Å². The van der Waals surface area contributed by atoms with Gasteiger partial charge in [0.2, 0.25) is 0 Å². The van der Waals surface area contributed by atoms with Gasteiger partial charge in [0.05, 0.1) is 5.02 Å². The number of halogens is 1. The average Bonchev–Trinajstić information content (AvgIpc) is 2.67. The van der Waals surface area contributed by atoms with Crippen molar-refractivity contribution in [3.8, 4) is 5.75 Å². The Morgan fingerprint density at radius 1 is 1.04 bits per heavy atom. The molecule has 2 aromatic rings. The number of nitrogens with zero attached hydrogens (tertiary/aromatic N) is 1. The van der Waals surface area contributed by atoms with Crippen molar-refractivity contribution in [3.63, 3.8) is 0 Å². The second-order valence-electron chi connectivity index (χ2n) is 6.14. The Hall–Kier alpha value is -2.53. The smallest absolute Gasteiger partial charge is 0.262 e. The summed E-state index contributed by atoms with van der Waals surface area (Å²) in [7, 11) is 0. The van der Waals surface area contributed by atoms with Crippen molar-refractivity contribution < 1.29 is 14.3 Å². The van der Waals surface area contributed by atoms with Crippen molar-refractivity contribution in [2.75, 3.05) is 25.0 Å². The molecule has 2 amide bonds. The van der Waals surface area contributed by atoms with Gasteiger partial charge >= 0.3 is 0 Å². The Bertz CT molecular complexity index is 774. The standard InChI is InChI=1S/C21H25ClN2O3/c1-3-12-24(13-4-2)21(26)16-8-7-9-17(14-16)23-20(25)15-27-19-11-6-5-10-18(19)22/h5-11,14H,3-4,12-13,15H2,1-2H3,(H,23,25). The van der Waals surface area contributed by atoms with Crippen LogP contribution in [0.5, 0.6) is 5.75 Å². The van der Waals surface area contributed by atoms with Crippen LogP contribution in [0, 0.1) is 0 Å². The number of anilines is 1.